The molecule has 0 bridgehead atoms. The van der Waals surface area contributed by atoms with Crippen molar-refractivity contribution in [1.29, 1.82) is 0 Å². The molecular weight excluding hydrogens is 380 g/mol. The van der Waals surface area contributed by atoms with E-state index in [0.29, 0.717) is 6.61 Å². The minimum Gasteiger partial charge on any atom is -0.489 e. The van der Waals surface area contributed by atoms with Gasteiger partial charge in [-0.15, -0.1) is 0 Å². The lowest BCUT2D eigenvalue weighted by Gasteiger charge is -2.28. The van der Waals surface area contributed by atoms with Gasteiger partial charge in [0, 0.05) is 41.6 Å². The van der Waals surface area contributed by atoms with Crippen LogP contribution in [-0.2, 0) is 13.2 Å². The highest BCUT2D eigenvalue weighted by molar-refractivity contribution is 6.31. The van der Waals surface area contributed by atoms with Gasteiger partial charge in [-0.3, -0.25) is 0 Å². The molecule has 3 nitrogen and oxygen atoms in total. The third-order valence-corrected chi connectivity index (χ3v) is 5.73. The number of rotatable bonds is 7. The summed E-state index contributed by atoms with van der Waals surface area (Å²) in [4.78, 5) is 2.48. The first-order valence-electron chi connectivity index (χ1n) is 10.3. The van der Waals surface area contributed by atoms with Crippen LogP contribution in [0.5, 0.6) is 5.75 Å². The summed E-state index contributed by atoms with van der Waals surface area (Å²) >= 11 is 6.18. The fraction of sp³-hybridized carbons (Fsp3) is 0.280. The van der Waals surface area contributed by atoms with E-state index in [1.165, 1.54) is 43.6 Å². The van der Waals surface area contributed by atoms with Crippen molar-refractivity contribution in [2.24, 2.45) is 0 Å². The molecule has 4 heteroatoms. The van der Waals surface area contributed by atoms with Crippen molar-refractivity contribution in [2.45, 2.75) is 32.4 Å². The molecule has 29 heavy (non-hydrogen) atoms. The summed E-state index contributed by atoms with van der Waals surface area (Å²) < 4.78 is 5.85. The van der Waals surface area contributed by atoms with Gasteiger partial charge in [0.2, 0.25) is 0 Å². The maximum Gasteiger partial charge on any atom is 0.119 e. The summed E-state index contributed by atoms with van der Waals surface area (Å²) in [6, 6.07) is 24.8. The van der Waals surface area contributed by atoms with Crippen LogP contribution in [0.1, 0.15) is 30.4 Å². The highest BCUT2D eigenvalue weighted by Gasteiger charge is 2.10. The molecule has 0 radical (unpaired) electrons. The Morgan fingerprint density at radius 2 is 1.55 bits per heavy atom. The van der Waals surface area contributed by atoms with E-state index in [4.69, 9.17) is 16.3 Å². The molecule has 0 unspecified atom stereocenters. The molecule has 1 saturated heterocycles. The number of halogens is 1. The Morgan fingerprint density at radius 1 is 0.828 bits per heavy atom. The zero-order valence-corrected chi connectivity index (χ0v) is 17.4. The van der Waals surface area contributed by atoms with Gasteiger partial charge in [0.1, 0.15) is 12.4 Å². The van der Waals surface area contributed by atoms with Gasteiger partial charge in [0.25, 0.3) is 0 Å². The quantitative estimate of drug-likeness (QED) is 0.483. The Labute approximate surface area is 178 Å². The molecule has 1 aliphatic heterocycles. The summed E-state index contributed by atoms with van der Waals surface area (Å²) in [7, 11) is 0. The van der Waals surface area contributed by atoms with Crippen molar-refractivity contribution in [3.63, 3.8) is 0 Å². The smallest absolute Gasteiger partial charge is 0.119 e. The second-order valence-electron chi connectivity index (χ2n) is 7.47. The Hall–Kier alpha value is -2.65. The van der Waals surface area contributed by atoms with Gasteiger partial charge in [-0.2, -0.15) is 0 Å². The third kappa shape index (κ3) is 5.45. The van der Waals surface area contributed by atoms with Crippen molar-refractivity contribution >= 4 is 23.0 Å². The zero-order valence-electron chi connectivity index (χ0n) is 16.6. The van der Waals surface area contributed by atoms with Crippen molar-refractivity contribution in [3.8, 4) is 5.75 Å². The van der Waals surface area contributed by atoms with Gasteiger partial charge in [0.05, 0.1) is 0 Å². The van der Waals surface area contributed by atoms with E-state index in [1.807, 2.05) is 36.4 Å². The first-order chi connectivity index (χ1) is 14.3. The second-order valence-corrected chi connectivity index (χ2v) is 7.88. The lowest BCUT2D eigenvalue weighted by atomic mass is 10.1. The fourth-order valence-corrected chi connectivity index (χ4v) is 3.82. The standard InChI is InChI=1S/C25H27ClN2O/c26-25-7-3-2-6-21(25)19-29-24-14-8-20(9-15-24)18-27-22-10-12-23(13-11-22)28-16-4-1-5-17-28/h2-3,6-15,27H,1,4-5,16-19H2. The van der Waals surface area contributed by atoms with Crippen LogP contribution >= 0.6 is 11.6 Å². The molecule has 0 aliphatic carbocycles. The largest absolute Gasteiger partial charge is 0.489 e. The molecule has 4 rings (SSSR count). The Morgan fingerprint density at radius 3 is 2.28 bits per heavy atom. The summed E-state index contributed by atoms with van der Waals surface area (Å²) in [6.45, 7) is 3.61. The molecular formula is C25H27ClN2O. The number of piperidine rings is 1. The topological polar surface area (TPSA) is 24.5 Å². The normalized spacial score (nSPS) is 13.9. The maximum atomic E-state index is 6.18. The first kappa shape index (κ1) is 19.7. The molecule has 0 atom stereocenters. The molecule has 0 spiro atoms. The van der Waals surface area contributed by atoms with Crippen LogP contribution in [-0.4, -0.2) is 13.1 Å². The SMILES string of the molecule is Clc1ccccc1COc1ccc(CNc2ccc(N3CCCCC3)cc2)cc1. The maximum absolute atomic E-state index is 6.18. The van der Waals surface area contributed by atoms with Gasteiger partial charge < -0.3 is 15.0 Å². The Kier molecular flexibility index (Phi) is 6.58. The molecule has 0 aromatic heterocycles. The van der Waals surface area contributed by atoms with Gasteiger partial charge >= 0.3 is 0 Å². The average molecular weight is 407 g/mol. The van der Waals surface area contributed by atoms with Crippen LogP contribution < -0.4 is 15.0 Å². The number of anilines is 2. The Bertz CT molecular complexity index is 903. The van der Waals surface area contributed by atoms with Gasteiger partial charge in [0.15, 0.2) is 0 Å². The van der Waals surface area contributed by atoms with Gasteiger partial charge in [-0.1, -0.05) is 41.9 Å². The van der Waals surface area contributed by atoms with E-state index in [-0.39, 0.29) is 0 Å². The number of nitrogens with zero attached hydrogens (tertiary/aromatic N) is 1. The van der Waals surface area contributed by atoms with Crippen LogP contribution in [0.2, 0.25) is 5.02 Å². The van der Waals surface area contributed by atoms with E-state index >= 15 is 0 Å². The third-order valence-electron chi connectivity index (χ3n) is 5.36. The van der Waals surface area contributed by atoms with Gasteiger partial charge in [-0.05, 0) is 67.3 Å². The molecule has 3 aromatic rings. The lowest BCUT2D eigenvalue weighted by Crippen LogP contribution is -2.29. The Balaban J connectivity index is 1.27. The summed E-state index contributed by atoms with van der Waals surface area (Å²) in [5.74, 6) is 0.847. The van der Waals surface area contributed by atoms with Crippen LogP contribution in [0, 0.1) is 0 Å². The molecule has 0 saturated carbocycles. The predicted octanol–water partition coefficient (Wildman–Crippen LogP) is 6.52. The number of hydrogen-bond acceptors (Lipinski definition) is 3. The molecule has 1 N–H and O–H groups in total. The minimum atomic E-state index is 0.473. The molecule has 1 fully saturated rings. The molecule has 3 aromatic carbocycles. The van der Waals surface area contributed by atoms with Gasteiger partial charge in [-0.25, -0.2) is 0 Å². The second kappa shape index (κ2) is 9.71. The van der Waals surface area contributed by atoms with E-state index < -0.39 is 0 Å². The van der Waals surface area contributed by atoms with Crippen molar-refractivity contribution in [2.75, 3.05) is 23.3 Å². The van der Waals surface area contributed by atoms with Crippen LogP contribution in [0.3, 0.4) is 0 Å². The van der Waals surface area contributed by atoms with E-state index in [9.17, 15) is 0 Å². The highest BCUT2D eigenvalue weighted by Crippen LogP contribution is 2.23. The number of ether oxygens (including phenoxy) is 1. The fourth-order valence-electron chi connectivity index (χ4n) is 3.63. The van der Waals surface area contributed by atoms with E-state index in [1.54, 1.807) is 0 Å². The van der Waals surface area contributed by atoms with Crippen molar-refractivity contribution in [1.82, 2.24) is 0 Å². The monoisotopic (exact) mass is 406 g/mol. The van der Waals surface area contributed by atoms with E-state index in [2.05, 4.69) is 46.6 Å². The van der Waals surface area contributed by atoms with Crippen molar-refractivity contribution < 1.29 is 4.74 Å². The minimum absolute atomic E-state index is 0.473. The highest BCUT2D eigenvalue weighted by atomic mass is 35.5. The number of hydrogen-bond donors (Lipinski definition) is 1. The zero-order chi connectivity index (χ0) is 19.9. The molecule has 1 heterocycles. The first-order valence-corrected chi connectivity index (χ1v) is 10.7. The molecule has 150 valence electrons. The predicted molar refractivity (Wildman–Crippen MR) is 122 cm³/mol. The lowest BCUT2D eigenvalue weighted by molar-refractivity contribution is 0.306. The number of benzene rings is 3. The molecule has 0 amide bonds. The van der Waals surface area contributed by atoms with Crippen LogP contribution in [0.25, 0.3) is 0 Å². The summed E-state index contributed by atoms with van der Waals surface area (Å²) in [5, 5.41) is 4.23. The van der Waals surface area contributed by atoms with Crippen molar-refractivity contribution in [3.05, 3.63) is 88.9 Å². The average Bonchev–Trinajstić information content (AvgIpc) is 2.79. The van der Waals surface area contributed by atoms with Crippen LogP contribution in [0.15, 0.2) is 72.8 Å². The number of nitrogens with one attached hydrogen (secondary N) is 1. The molecule has 1 aliphatic rings. The van der Waals surface area contributed by atoms with E-state index in [0.717, 1.165) is 28.6 Å². The summed E-state index contributed by atoms with van der Waals surface area (Å²) in [6.07, 6.45) is 3.97. The summed E-state index contributed by atoms with van der Waals surface area (Å²) in [5.41, 5.74) is 4.68. The van der Waals surface area contributed by atoms with Crippen LogP contribution in [0.4, 0.5) is 11.4 Å².